The lowest BCUT2D eigenvalue weighted by Gasteiger charge is -2.32. The van der Waals surface area contributed by atoms with Gasteiger partial charge in [0.05, 0.1) is 11.2 Å². The van der Waals surface area contributed by atoms with Gasteiger partial charge in [-0.05, 0) is 38.6 Å². The van der Waals surface area contributed by atoms with Crippen LogP contribution in [0.5, 0.6) is 0 Å². The average molecular weight is 354 g/mol. The highest BCUT2D eigenvalue weighted by Gasteiger charge is 2.23. The van der Waals surface area contributed by atoms with Gasteiger partial charge < -0.3 is 4.98 Å². The number of nitrogens with zero attached hydrogens (tertiary/aromatic N) is 5. The molecule has 0 aromatic carbocycles. The van der Waals surface area contributed by atoms with Gasteiger partial charge in [-0.25, -0.2) is 9.97 Å². The Morgan fingerprint density at radius 1 is 1.24 bits per heavy atom. The molecule has 1 aliphatic heterocycles. The van der Waals surface area contributed by atoms with E-state index in [0.29, 0.717) is 5.92 Å². The van der Waals surface area contributed by atoms with E-state index >= 15 is 0 Å². The lowest BCUT2D eigenvalue weighted by atomic mass is 9.92. The SMILES string of the molecule is Cc1cnc(-c2nccnc2C[C@@H]2CCCN(Cc3cncs3)C2)[nH]1. The van der Waals surface area contributed by atoms with Crippen LogP contribution in [0.3, 0.4) is 0 Å². The number of H-pyrrole nitrogens is 1. The average Bonchev–Trinajstić information content (AvgIpc) is 3.27. The minimum Gasteiger partial charge on any atom is -0.341 e. The van der Waals surface area contributed by atoms with E-state index in [9.17, 15) is 0 Å². The number of hydrogen-bond acceptors (Lipinski definition) is 6. The van der Waals surface area contributed by atoms with Crippen LogP contribution in [-0.2, 0) is 13.0 Å². The number of rotatable bonds is 5. The Bertz CT molecular complexity index is 813. The molecule has 0 radical (unpaired) electrons. The molecule has 4 heterocycles. The first-order chi connectivity index (χ1) is 12.3. The van der Waals surface area contributed by atoms with Crippen molar-refractivity contribution in [1.29, 1.82) is 0 Å². The highest BCUT2D eigenvalue weighted by Crippen LogP contribution is 2.25. The topological polar surface area (TPSA) is 70.6 Å². The van der Waals surface area contributed by atoms with E-state index < -0.39 is 0 Å². The van der Waals surface area contributed by atoms with Crippen molar-refractivity contribution in [3.63, 3.8) is 0 Å². The van der Waals surface area contributed by atoms with Crippen LogP contribution in [0.2, 0.25) is 0 Å². The minimum absolute atomic E-state index is 0.605. The molecule has 1 atom stereocenters. The van der Waals surface area contributed by atoms with Crippen molar-refractivity contribution in [3.8, 4) is 11.5 Å². The first-order valence-corrected chi connectivity index (χ1v) is 9.57. The van der Waals surface area contributed by atoms with Crippen LogP contribution in [-0.4, -0.2) is 42.9 Å². The van der Waals surface area contributed by atoms with Crippen molar-refractivity contribution in [2.24, 2.45) is 5.92 Å². The van der Waals surface area contributed by atoms with Crippen molar-refractivity contribution in [2.75, 3.05) is 13.1 Å². The molecule has 4 rings (SSSR count). The van der Waals surface area contributed by atoms with Gasteiger partial charge in [0.1, 0.15) is 5.69 Å². The van der Waals surface area contributed by atoms with E-state index in [0.717, 1.165) is 42.4 Å². The maximum absolute atomic E-state index is 4.61. The molecule has 0 bridgehead atoms. The molecule has 1 fully saturated rings. The second-order valence-electron chi connectivity index (χ2n) is 6.68. The number of imidazole rings is 1. The molecule has 1 N–H and O–H groups in total. The smallest absolute Gasteiger partial charge is 0.158 e. The van der Waals surface area contributed by atoms with Gasteiger partial charge in [0, 0.05) is 48.4 Å². The molecule has 3 aromatic rings. The molecule has 0 spiro atoms. The number of aromatic nitrogens is 5. The van der Waals surface area contributed by atoms with Gasteiger partial charge >= 0.3 is 0 Å². The van der Waals surface area contributed by atoms with E-state index in [1.54, 1.807) is 23.7 Å². The van der Waals surface area contributed by atoms with Crippen LogP contribution in [0.15, 0.2) is 30.3 Å². The van der Waals surface area contributed by atoms with E-state index in [1.165, 1.54) is 24.3 Å². The maximum atomic E-state index is 4.61. The Balaban J connectivity index is 1.47. The minimum atomic E-state index is 0.605. The number of aryl methyl sites for hydroxylation is 1. The number of hydrogen-bond donors (Lipinski definition) is 1. The zero-order valence-electron chi connectivity index (χ0n) is 14.4. The Morgan fingerprint density at radius 3 is 2.96 bits per heavy atom. The predicted octanol–water partition coefficient (Wildman–Crippen LogP) is 3.09. The summed E-state index contributed by atoms with van der Waals surface area (Å²) in [7, 11) is 0. The van der Waals surface area contributed by atoms with Crippen LogP contribution in [0, 0.1) is 12.8 Å². The summed E-state index contributed by atoms with van der Waals surface area (Å²) in [6, 6.07) is 0. The molecule has 0 saturated carbocycles. The quantitative estimate of drug-likeness (QED) is 0.762. The van der Waals surface area contributed by atoms with Gasteiger partial charge in [0.15, 0.2) is 5.82 Å². The molecule has 0 aliphatic carbocycles. The number of likely N-dealkylation sites (tertiary alicyclic amines) is 1. The first-order valence-electron chi connectivity index (χ1n) is 8.69. The van der Waals surface area contributed by atoms with Crippen molar-refractivity contribution in [1.82, 2.24) is 29.8 Å². The highest BCUT2D eigenvalue weighted by atomic mass is 32.1. The van der Waals surface area contributed by atoms with Gasteiger partial charge in [0.2, 0.25) is 0 Å². The second kappa shape index (κ2) is 7.41. The fraction of sp³-hybridized carbons (Fsp3) is 0.444. The molecular formula is C18H22N6S. The fourth-order valence-corrected chi connectivity index (χ4v) is 4.16. The Labute approximate surface area is 151 Å². The van der Waals surface area contributed by atoms with E-state index in [2.05, 4.69) is 29.8 Å². The van der Waals surface area contributed by atoms with E-state index in [-0.39, 0.29) is 0 Å². The zero-order chi connectivity index (χ0) is 17.1. The van der Waals surface area contributed by atoms with Gasteiger partial charge in [-0.2, -0.15) is 0 Å². The molecule has 130 valence electrons. The summed E-state index contributed by atoms with van der Waals surface area (Å²) in [5, 5.41) is 0. The Kier molecular flexibility index (Phi) is 4.85. The van der Waals surface area contributed by atoms with Crippen molar-refractivity contribution in [3.05, 3.63) is 46.6 Å². The van der Waals surface area contributed by atoms with Crippen LogP contribution < -0.4 is 0 Å². The lowest BCUT2D eigenvalue weighted by Crippen LogP contribution is -2.35. The van der Waals surface area contributed by atoms with Crippen molar-refractivity contribution < 1.29 is 0 Å². The Morgan fingerprint density at radius 2 is 2.16 bits per heavy atom. The van der Waals surface area contributed by atoms with Gasteiger partial charge in [0.25, 0.3) is 0 Å². The fourth-order valence-electron chi connectivity index (χ4n) is 3.52. The summed E-state index contributed by atoms with van der Waals surface area (Å²) in [6.45, 7) is 5.28. The largest absolute Gasteiger partial charge is 0.341 e. The molecule has 3 aromatic heterocycles. The lowest BCUT2D eigenvalue weighted by molar-refractivity contribution is 0.167. The third-order valence-corrected chi connectivity index (χ3v) is 5.41. The molecule has 1 aliphatic rings. The molecule has 25 heavy (non-hydrogen) atoms. The third-order valence-electron chi connectivity index (χ3n) is 4.65. The summed E-state index contributed by atoms with van der Waals surface area (Å²) in [5.74, 6) is 1.42. The predicted molar refractivity (Wildman–Crippen MR) is 98.2 cm³/mol. The molecule has 0 unspecified atom stereocenters. The summed E-state index contributed by atoms with van der Waals surface area (Å²) < 4.78 is 0. The van der Waals surface area contributed by atoms with Crippen LogP contribution >= 0.6 is 11.3 Å². The third kappa shape index (κ3) is 3.93. The highest BCUT2D eigenvalue weighted by molar-refractivity contribution is 7.09. The van der Waals surface area contributed by atoms with Crippen LogP contribution in [0.25, 0.3) is 11.5 Å². The summed E-state index contributed by atoms with van der Waals surface area (Å²) >= 11 is 1.74. The standard InChI is InChI=1S/C18H22N6S/c1-13-8-22-18(23-13)17-16(20-4-5-21-17)7-14-3-2-6-24(10-14)11-15-9-19-12-25-15/h4-5,8-9,12,14H,2-3,6-7,10-11H2,1H3,(H,22,23)/t14-/m0/s1. The van der Waals surface area contributed by atoms with Gasteiger partial charge in [-0.3, -0.25) is 14.9 Å². The summed E-state index contributed by atoms with van der Waals surface area (Å²) in [5.41, 5.74) is 4.88. The number of thiazole rings is 1. The molecule has 1 saturated heterocycles. The summed E-state index contributed by atoms with van der Waals surface area (Å²) in [4.78, 5) is 24.9. The summed E-state index contributed by atoms with van der Waals surface area (Å²) in [6.07, 6.45) is 10.8. The normalized spacial score (nSPS) is 18.5. The zero-order valence-corrected chi connectivity index (χ0v) is 15.2. The van der Waals surface area contributed by atoms with E-state index in [1.807, 2.05) is 24.8 Å². The molecular weight excluding hydrogens is 332 g/mol. The number of aromatic amines is 1. The second-order valence-corrected chi connectivity index (χ2v) is 7.65. The molecule has 7 heteroatoms. The van der Waals surface area contributed by atoms with Crippen LogP contribution in [0.4, 0.5) is 0 Å². The molecule has 0 amide bonds. The Hall–Kier alpha value is -2.12. The van der Waals surface area contributed by atoms with Crippen molar-refractivity contribution >= 4 is 11.3 Å². The number of piperidine rings is 1. The van der Waals surface area contributed by atoms with Gasteiger partial charge in [-0.1, -0.05) is 0 Å². The van der Waals surface area contributed by atoms with Gasteiger partial charge in [-0.15, -0.1) is 11.3 Å². The van der Waals surface area contributed by atoms with Crippen LogP contribution in [0.1, 0.15) is 29.1 Å². The monoisotopic (exact) mass is 354 g/mol. The van der Waals surface area contributed by atoms with E-state index in [4.69, 9.17) is 0 Å². The van der Waals surface area contributed by atoms with Crippen molar-refractivity contribution in [2.45, 2.75) is 32.7 Å². The molecule has 6 nitrogen and oxygen atoms in total. The number of nitrogens with one attached hydrogen (secondary N) is 1. The maximum Gasteiger partial charge on any atom is 0.158 e. The first kappa shape index (κ1) is 16.4.